The Morgan fingerprint density at radius 3 is 2.70 bits per heavy atom. The number of nitrogen functional groups attached to an aromatic ring is 1. The van der Waals surface area contributed by atoms with Crippen molar-refractivity contribution in [2.75, 3.05) is 12.3 Å². The van der Waals surface area contributed by atoms with Crippen LogP contribution in [0, 0.1) is 0 Å². The molecule has 1 unspecified atom stereocenters. The zero-order valence-electron chi connectivity index (χ0n) is 15.0. The fourth-order valence-corrected chi connectivity index (χ4v) is 3.41. The van der Waals surface area contributed by atoms with E-state index in [9.17, 15) is 32.9 Å². The van der Waals surface area contributed by atoms with Gasteiger partial charge in [-0.3, -0.25) is 24.0 Å². The summed E-state index contributed by atoms with van der Waals surface area (Å²) in [6.07, 6.45) is -3.08. The van der Waals surface area contributed by atoms with Crippen molar-refractivity contribution in [1.82, 2.24) is 19.6 Å². The zero-order valence-corrected chi connectivity index (χ0v) is 15.9. The van der Waals surface area contributed by atoms with Crippen LogP contribution >= 0.6 is 7.75 Å². The van der Waals surface area contributed by atoms with Crippen molar-refractivity contribution in [3.63, 3.8) is 0 Å². The van der Waals surface area contributed by atoms with Crippen molar-refractivity contribution in [2.45, 2.75) is 24.4 Å². The van der Waals surface area contributed by atoms with Crippen LogP contribution in [0.15, 0.2) is 41.6 Å². The van der Waals surface area contributed by atoms with E-state index in [4.69, 9.17) is 10.5 Å². The van der Waals surface area contributed by atoms with E-state index in [2.05, 4.69) is 14.5 Å². The second-order valence-corrected chi connectivity index (χ2v) is 7.70. The first-order valence-corrected chi connectivity index (χ1v) is 9.85. The van der Waals surface area contributed by atoms with Crippen LogP contribution in [0.4, 0.5) is 14.6 Å². The second kappa shape index (κ2) is 8.16. The molecule has 5 N–H and O–H groups in total. The molecule has 0 bridgehead atoms. The largest absolute Gasteiger partial charge is 0.432 e. The van der Waals surface area contributed by atoms with Crippen LogP contribution in [0.5, 0.6) is 0 Å². The van der Waals surface area contributed by atoms with Gasteiger partial charge >= 0.3 is 19.4 Å². The number of nitrogens with two attached hydrogens (primary N) is 1. The van der Waals surface area contributed by atoms with Crippen molar-refractivity contribution in [1.29, 1.82) is 0 Å². The summed E-state index contributed by atoms with van der Waals surface area (Å²) >= 11 is 0. The first-order valence-electron chi connectivity index (χ1n) is 8.27. The smallest absolute Gasteiger partial charge is 0.384 e. The maximum Gasteiger partial charge on any atom is 0.432 e. The Morgan fingerprint density at radius 2 is 2.07 bits per heavy atom. The minimum atomic E-state index is -4.80. The minimum absolute atomic E-state index is 0.00171. The first kappa shape index (κ1) is 21.9. The summed E-state index contributed by atoms with van der Waals surface area (Å²) in [5.41, 5.74) is 4.16. The van der Waals surface area contributed by atoms with Gasteiger partial charge in [0.25, 0.3) is 5.91 Å². The molecule has 1 saturated heterocycles. The molecule has 0 radical (unpaired) electrons. The fraction of sp³-hybridized carbons (Fsp3) is 0.333. The molecule has 0 aliphatic carbocycles. The molecule has 1 aliphatic rings. The number of alkyl halides is 2. The van der Waals surface area contributed by atoms with Crippen LogP contribution in [-0.2, 0) is 13.8 Å². The van der Waals surface area contributed by atoms with E-state index in [1.165, 1.54) is 24.5 Å². The molecule has 1 aliphatic heterocycles. The van der Waals surface area contributed by atoms with Gasteiger partial charge in [-0.1, -0.05) is 0 Å². The number of hydrogen-bond acceptors (Lipinski definition) is 9. The summed E-state index contributed by atoms with van der Waals surface area (Å²) in [5.74, 6) is -5.14. The van der Waals surface area contributed by atoms with E-state index in [0.29, 0.717) is 4.57 Å². The van der Waals surface area contributed by atoms with Gasteiger partial charge in [0, 0.05) is 24.2 Å². The lowest BCUT2D eigenvalue weighted by atomic mass is 10.1. The monoisotopic (exact) mass is 447 g/mol. The Morgan fingerprint density at radius 1 is 1.40 bits per heavy atom. The molecule has 4 atom stereocenters. The third kappa shape index (κ3) is 4.52. The summed E-state index contributed by atoms with van der Waals surface area (Å²) in [6, 6.07) is 3.61. The highest BCUT2D eigenvalue weighted by molar-refractivity contribution is 7.51. The van der Waals surface area contributed by atoms with Crippen molar-refractivity contribution in [3.05, 3.63) is 52.8 Å². The molecule has 15 heteroatoms. The topological polar surface area (TPSA) is 179 Å². The van der Waals surface area contributed by atoms with Crippen molar-refractivity contribution in [3.8, 4) is 0 Å². The number of nitrogens with one attached hydrogen (secondary N) is 1. The Labute approximate surface area is 166 Å². The van der Waals surface area contributed by atoms with Crippen LogP contribution in [0.2, 0.25) is 0 Å². The molecule has 162 valence electrons. The molecule has 2 aromatic rings. The molecule has 0 saturated carbocycles. The first-order chi connectivity index (χ1) is 14.0. The van der Waals surface area contributed by atoms with Gasteiger partial charge in [0.05, 0.1) is 6.61 Å². The average Bonchev–Trinajstić information content (AvgIpc) is 2.90. The third-order valence-electron chi connectivity index (χ3n) is 4.08. The normalized spacial score (nSPS) is 24.9. The molecular formula is C15H16F2N5O7P. The lowest BCUT2D eigenvalue weighted by Gasteiger charge is -2.20. The maximum atomic E-state index is 14.4. The standard InChI is InChI=1S/C15H16F2N5O7P/c16-15(17)11(23)9(29-13(15)22-6-3-10(18)20-14(22)25)7-28-30(26,27)21-12(24)8-1-4-19-5-2-8/h1-6,9,11,13,23H,7H2,(H2,18,20,25)(H2,21,24,26,27)/t9-,11-,13-/m1/s1. The number of ether oxygens (including phenoxy) is 1. The van der Waals surface area contributed by atoms with Gasteiger partial charge in [-0.25, -0.2) is 9.36 Å². The van der Waals surface area contributed by atoms with Gasteiger partial charge in [-0.2, -0.15) is 13.8 Å². The summed E-state index contributed by atoms with van der Waals surface area (Å²) in [6.45, 7) is -0.991. The van der Waals surface area contributed by atoms with E-state index in [1.807, 2.05) is 0 Å². The van der Waals surface area contributed by atoms with E-state index in [-0.39, 0.29) is 11.4 Å². The number of pyridine rings is 1. The maximum absolute atomic E-state index is 14.4. The van der Waals surface area contributed by atoms with E-state index >= 15 is 0 Å². The molecule has 2 aromatic heterocycles. The van der Waals surface area contributed by atoms with E-state index in [1.54, 1.807) is 5.09 Å². The number of aliphatic hydroxyl groups is 1. The lowest BCUT2D eigenvalue weighted by Crippen LogP contribution is -2.42. The number of aromatic nitrogens is 3. The molecular weight excluding hydrogens is 431 g/mol. The Kier molecular flexibility index (Phi) is 5.97. The lowest BCUT2D eigenvalue weighted by molar-refractivity contribution is -0.140. The third-order valence-corrected chi connectivity index (χ3v) is 5.07. The van der Waals surface area contributed by atoms with Crippen molar-refractivity contribution in [2.24, 2.45) is 0 Å². The highest BCUT2D eigenvalue weighted by Crippen LogP contribution is 2.44. The number of aliphatic hydroxyl groups excluding tert-OH is 1. The van der Waals surface area contributed by atoms with Crippen LogP contribution in [0.1, 0.15) is 16.6 Å². The molecule has 1 amide bonds. The zero-order chi connectivity index (χ0) is 22.1. The summed E-state index contributed by atoms with van der Waals surface area (Å²) < 4.78 is 50.9. The number of carbonyl (C=O) groups excluding carboxylic acids is 1. The highest BCUT2D eigenvalue weighted by Gasteiger charge is 2.60. The molecule has 3 heterocycles. The van der Waals surface area contributed by atoms with Gasteiger partial charge in [-0.05, 0) is 18.2 Å². The molecule has 12 nitrogen and oxygen atoms in total. The van der Waals surface area contributed by atoms with Gasteiger partial charge in [0.15, 0.2) is 6.10 Å². The average molecular weight is 447 g/mol. The SMILES string of the molecule is Nc1ccn([C@@H]2O[C@H](COP(=O)(O)NC(=O)c3ccncc3)[C@@H](O)C2(F)F)c(=O)n1. The van der Waals surface area contributed by atoms with Crippen molar-refractivity contribution >= 4 is 19.5 Å². The fourth-order valence-electron chi connectivity index (χ4n) is 2.61. The molecule has 1 fully saturated rings. The Bertz CT molecular complexity index is 1040. The summed E-state index contributed by atoms with van der Waals surface area (Å²) in [5, 5.41) is 11.6. The quantitative estimate of drug-likeness (QED) is 0.428. The number of amides is 1. The molecule has 0 spiro atoms. The second-order valence-electron chi connectivity index (χ2n) is 6.18. The number of carbonyl (C=O) groups is 1. The molecule has 3 rings (SSSR count). The van der Waals surface area contributed by atoms with Gasteiger partial charge in [0.1, 0.15) is 11.9 Å². The number of nitrogens with zero attached hydrogens (tertiary/aromatic N) is 3. The predicted molar refractivity (Wildman–Crippen MR) is 95.3 cm³/mol. The van der Waals surface area contributed by atoms with Gasteiger partial charge in [0.2, 0.25) is 6.23 Å². The van der Waals surface area contributed by atoms with Gasteiger partial charge < -0.3 is 20.5 Å². The van der Waals surface area contributed by atoms with Crippen LogP contribution < -0.4 is 16.5 Å². The van der Waals surface area contributed by atoms with E-state index in [0.717, 1.165) is 12.3 Å². The highest BCUT2D eigenvalue weighted by atomic mass is 31.2. The number of rotatable bonds is 6. The van der Waals surface area contributed by atoms with Gasteiger partial charge in [-0.15, -0.1) is 0 Å². The predicted octanol–water partition coefficient (Wildman–Crippen LogP) is -0.339. The minimum Gasteiger partial charge on any atom is -0.384 e. The Hall–Kier alpha value is -2.77. The number of anilines is 1. The van der Waals surface area contributed by atoms with E-state index < -0.39 is 50.3 Å². The van der Waals surface area contributed by atoms with Crippen molar-refractivity contribution < 1.29 is 37.4 Å². The molecule has 0 aromatic carbocycles. The number of hydrogen-bond donors (Lipinski definition) is 4. The van der Waals surface area contributed by atoms with Crippen LogP contribution in [0.3, 0.4) is 0 Å². The Balaban J connectivity index is 1.68. The molecule has 30 heavy (non-hydrogen) atoms. The number of halogens is 2. The van der Waals surface area contributed by atoms with Crippen LogP contribution in [0.25, 0.3) is 0 Å². The van der Waals surface area contributed by atoms with Crippen LogP contribution in [-0.4, -0.2) is 55.2 Å². The summed E-state index contributed by atoms with van der Waals surface area (Å²) in [7, 11) is -4.80. The summed E-state index contributed by atoms with van der Waals surface area (Å²) in [4.78, 5) is 40.5.